The van der Waals surface area contributed by atoms with E-state index in [-0.39, 0.29) is 12.1 Å². The Labute approximate surface area is 167 Å². The first-order chi connectivity index (χ1) is 14.0. The van der Waals surface area contributed by atoms with E-state index in [4.69, 9.17) is 18.9 Å². The van der Waals surface area contributed by atoms with Gasteiger partial charge >= 0.3 is 12.0 Å². The normalized spacial score (nSPS) is 24.1. The number of amides is 2. The Balaban J connectivity index is 1.53. The average Bonchev–Trinajstić information content (AvgIpc) is 2.72. The van der Waals surface area contributed by atoms with Gasteiger partial charge in [0.25, 0.3) is 0 Å². The summed E-state index contributed by atoms with van der Waals surface area (Å²) in [5.74, 6) is 1.46. The topological polar surface area (TPSA) is 86.3 Å². The highest BCUT2D eigenvalue weighted by Gasteiger charge is 2.50. The molecular formula is C21H20N2O6. The summed E-state index contributed by atoms with van der Waals surface area (Å²) in [6, 6.07) is 9.97. The summed E-state index contributed by atoms with van der Waals surface area (Å²) in [4.78, 5) is 26.5. The van der Waals surface area contributed by atoms with Gasteiger partial charge in [0.2, 0.25) is 0 Å². The van der Waals surface area contributed by atoms with Crippen molar-refractivity contribution in [3.63, 3.8) is 0 Å². The summed E-state index contributed by atoms with van der Waals surface area (Å²) in [7, 11) is 1.34. The molecule has 0 aromatic heterocycles. The van der Waals surface area contributed by atoms with Gasteiger partial charge < -0.3 is 24.3 Å². The number of rotatable bonds is 2. The number of fused-ring (bicyclic) bond motifs is 5. The summed E-state index contributed by atoms with van der Waals surface area (Å²) in [6.45, 7) is 2.85. The zero-order valence-electron chi connectivity index (χ0n) is 16.1. The molecule has 5 rings (SSSR count). The van der Waals surface area contributed by atoms with E-state index in [0.29, 0.717) is 48.1 Å². The number of nitrogens with zero attached hydrogens (tertiary/aromatic N) is 1. The van der Waals surface area contributed by atoms with Gasteiger partial charge in [-0.25, -0.2) is 9.59 Å². The van der Waals surface area contributed by atoms with Crippen molar-refractivity contribution in [3.05, 3.63) is 47.5 Å². The molecule has 2 bridgehead atoms. The lowest BCUT2D eigenvalue weighted by atomic mass is 9.89. The Morgan fingerprint density at radius 2 is 1.90 bits per heavy atom. The molecule has 3 heterocycles. The van der Waals surface area contributed by atoms with Crippen LogP contribution in [0.4, 0.5) is 10.5 Å². The highest BCUT2D eigenvalue weighted by atomic mass is 16.6. The zero-order valence-corrected chi connectivity index (χ0v) is 16.1. The number of anilines is 1. The number of benzene rings is 2. The van der Waals surface area contributed by atoms with Crippen molar-refractivity contribution in [1.29, 1.82) is 0 Å². The Kier molecular flexibility index (Phi) is 3.84. The number of hydrogen-bond acceptors (Lipinski definition) is 6. The molecule has 0 aliphatic carbocycles. The molecule has 150 valence electrons. The van der Waals surface area contributed by atoms with Crippen LogP contribution < -0.4 is 24.4 Å². The number of urea groups is 1. The van der Waals surface area contributed by atoms with Crippen LogP contribution in [0, 0.1) is 0 Å². The van der Waals surface area contributed by atoms with Crippen LogP contribution in [0.15, 0.2) is 36.4 Å². The van der Waals surface area contributed by atoms with Gasteiger partial charge in [0.1, 0.15) is 19.0 Å². The van der Waals surface area contributed by atoms with Crippen molar-refractivity contribution >= 4 is 17.7 Å². The number of nitrogens with one attached hydrogen (secondary N) is 1. The van der Waals surface area contributed by atoms with Crippen LogP contribution in [0.5, 0.6) is 17.2 Å². The average molecular weight is 396 g/mol. The maximum atomic E-state index is 13.0. The molecule has 0 unspecified atom stereocenters. The summed E-state index contributed by atoms with van der Waals surface area (Å²) in [5, 5.41) is 3.02. The number of esters is 1. The van der Waals surface area contributed by atoms with E-state index >= 15 is 0 Å². The quantitative estimate of drug-likeness (QED) is 0.786. The van der Waals surface area contributed by atoms with Gasteiger partial charge in [0.15, 0.2) is 17.2 Å². The van der Waals surface area contributed by atoms with Crippen molar-refractivity contribution in [2.45, 2.75) is 25.1 Å². The molecule has 0 saturated carbocycles. The molecule has 29 heavy (non-hydrogen) atoms. The number of hydrogen-bond donors (Lipinski definition) is 1. The lowest BCUT2D eigenvalue weighted by molar-refractivity contribution is 0.0377. The van der Waals surface area contributed by atoms with Gasteiger partial charge in [0.05, 0.1) is 24.4 Å². The largest absolute Gasteiger partial charge is 0.486 e. The highest BCUT2D eigenvalue weighted by molar-refractivity contribution is 5.95. The molecule has 2 amide bonds. The minimum Gasteiger partial charge on any atom is -0.486 e. The van der Waals surface area contributed by atoms with Crippen LogP contribution in [0.1, 0.15) is 35.3 Å². The van der Waals surface area contributed by atoms with Gasteiger partial charge in [0, 0.05) is 18.1 Å². The first kappa shape index (κ1) is 17.7. The van der Waals surface area contributed by atoms with Crippen LogP contribution in [0.2, 0.25) is 0 Å². The summed E-state index contributed by atoms with van der Waals surface area (Å²) in [5.41, 5.74) is 0.946. The molecule has 2 aromatic carbocycles. The van der Waals surface area contributed by atoms with Crippen molar-refractivity contribution in [1.82, 2.24) is 5.32 Å². The fourth-order valence-electron chi connectivity index (χ4n) is 4.18. The molecule has 3 aliphatic rings. The molecule has 8 nitrogen and oxygen atoms in total. The smallest absolute Gasteiger partial charge is 0.337 e. The van der Waals surface area contributed by atoms with E-state index in [0.717, 1.165) is 5.56 Å². The first-order valence-electron chi connectivity index (χ1n) is 9.40. The molecule has 1 fully saturated rings. The van der Waals surface area contributed by atoms with E-state index in [2.05, 4.69) is 5.32 Å². The number of carbonyl (C=O) groups excluding carboxylic acids is 2. The second-order valence-corrected chi connectivity index (χ2v) is 7.39. The molecule has 3 aliphatic heterocycles. The molecule has 8 heteroatoms. The Morgan fingerprint density at radius 1 is 1.14 bits per heavy atom. The summed E-state index contributed by atoms with van der Waals surface area (Å²) in [6.07, 6.45) is 0.519. The number of ether oxygens (including phenoxy) is 4. The first-order valence-corrected chi connectivity index (χ1v) is 9.40. The third kappa shape index (κ3) is 2.74. The van der Waals surface area contributed by atoms with Gasteiger partial charge in [-0.1, -0.05) is 0 Å². The highest BCUT2D eigenvalue weighted by Crippen LogP contribution is 2.47. The minimum atomic E-state index is -0.892. The number of methoxy groups -OCH3 is 1. The zero-order chi connectivity index (χ0) is 20.2. The minimum absolute atomic E-state index is 0.269. The van der Waals surface area contributed by atoms with Crippen molar-refractivity contribution in [3.8, 4) is 17.2 Å². The second-order valence-electron chi connectivity index (χ2n) is 7.39. The van der Waals surface area contributed by atoms with E-state index in [1.54, 1.807) is 35.2 Å². The molecular weight excluding hydrogens is 376 g/mol. The van der Waals surface area contributed by atoms with E-state index in [1.165, 1.54) is 7.11 Å². The Bertz CT molecular complexity index is 1020. The monoisotopic (exact) mass is 396 g/mol. The second kappa shape index (κ2) is 6.30. The van der Waals surface area contributed by atoms with Gasteiger partial charge in [-0.2, -0.15) is 0 Å². The predicted octanol–water partition coefficient (Wildman–Crippen LogP) is 3.01. The maximum Gasteiger partial charge on any atom is 0.337 e. The lowest BCUT2D eigenvalue weighted by Crippen LogP contribution is -2.65. The van der Waals surface area contributed by atoms with E-state index < -0.39 is 11.7 Å². The van der Waals surface area contributed by atoms with Crippen LogP contribution >= 0.6 is 0 Å². The summed E-state index contributed by atoms with van der Waals surface area (Å²) >= 11 is 0. The van der Waals surface area contributed by atoms with E-state index in [9.17, 15) is 9.59 Å². The summed E-state index contributed by atoms with van der Waals surface area (Å²) < 4.78 is 22.3. The van der Waals surface area contributed by atoms with Crippen molar-refractivity contribution in [2.24, 2.45) is 0 Å². The van der Waals surface area contributed by atoms with Gasteiger partial charge in [-0.15, -0.1) is 0 Å². The molecule has 0 spiro atoms. The maximum absolute atomic E-state index is 13.0. The lowest BCUT2D eigenvalue weighted by Gasteiger charge is -2.50. The fraction of sp³-hybridized carbons (Fsp3) is 0.333. The Morgan fingerprint density at radius 3 is 2.69 bits per heavy atom. The molecule has 1 saturated heterocycles. The molecule has 1 N–H and O–H groups in total. The molecule has 0 radical (unpaired) electrons. The third-order valence-electron chi connectivity index (χ3n) is 5.48. The van der Waals surface area contributed by atoms with Crippen LogP contribution in [-0.4, -0.2) is 38.0 Å². The van der Waals surface area contributed by atoms with Gasteiger partial charge in [-0.05, 0) is 37.3 Å². The fourth-order valence-corrected chi connectivity index (χ4v) is 4.18. The van der Waals surface area contributed by atoms with Crippen LogP contribution in [0.25, 0.3) is 0 Å². The van der Waals surface area contributed by atoms with Crippen molar-refractivity contribution in [2.75, 3.05) is 25.2 Å². The van der Waals surface area contributed by atoms with Crippen LogP contribution in [0.3, 0.4) is 0 Å². The standard InChI is InChI=1S/C21H20N2O6/c1-21-11-15(14-9-12(19(24)26-2)3-5-16(14)29-21)22-20(25)23(21)13-4-6-17-18(10-13)28-8-7-27-17/h3-6,9-10,15H,7-8,11H2,1-2H3,(H,22,25)/t15-,21-/m1/s1. The van der Waals surface area contributed by atoms with E-state index in [1.807, 2.05) is 13.0 Å². The number of carbonyl (C=O) groups is 2. The third-order valence-corrected chi connectivity index (χ3v) is 5.48. The van der Waals surface area contributed by atoms with Crippen LogP contribution in [-0.2, 0) is 4.74 Å². The molecule has 2 atom stereocenters. The van der Waals surface area contributed by atoms with Gasteiger partial charge in [-0.3, -0.25) is 4.90 Å². The molecule has 2 aromatic rings. The van der Waals surface area contributed by atoms with Crippen molar-refractivity contribution < 1.29 is 28.5 Å². The Hall–Kier alpha value is -3.42. The predicted molar refractivity (Wildman–Crippen MR) is 103 cm³/mol. The SMILES string of the molecule is COC(=O)c1ccc2c(c1)[C@H]1C[C@@](C)(O2)N(c2ccc3c(c2)OCCO3)C(=O)N1.